The molecule has 3 aromatic heterocycles. The molecule has 1 atom stereocenters. The number of ether oxygens (including phenoxy) is 1. The number of aromatic nitrogens is 3. The van der Waals surface area contributed by atoms with E-state index in [-0.39, 0.29) is 6.23 Å². The van der Waals surface area contributed by atoms with Gasteiger partial charge in [0.05, 0.1) is 24.0 Å². The van der Waals surface area contributed by atoms with Crippen LogP contribution in [0.5, 0.6) is 0 Å². The van der Waals surface area contributed by atoms with Gasteiger partial charge in [-0.15, -0.1) is 0 Å². The topological polar surface area (TPSA) is 95.8 Å². The molecule has 0 radical (unpaired) electrons. The Morgan fingerprint density at radius 1 is 1.14 bits per heavy atom. The molecule has 1 N–H and O–H groups in total. The molecule has 1 aliphatic heterocycles. The summed E-state index contributed by atoms with van der Waals surface area (Å²) in [6.45, 7) is 2.75. The summed E-state index contributed by atoms with van der Waals surface area (Å²) in [7, 11) is -0.207. The van der Waals surface area contributed by atoms with Crippen LogP contribution in [0.15, 0.2) is 73.2 Å². The van der Waals surface area contributed by atoms with Gasteiger partial charge in [0.1, 0.15) is 17.9 Å². The van der Waals surface area contributed by atoms with Crippen LogP contribution in [0.25, 0.3) is 10.9 Å². The second-order valence-corrected chi connectivity index (χ2v) is 11.0. The fraction of sp³-hybridized carbons (Fsp3) is 0.308. The smallest absolute Gasteiger partial charge is 0.233 e. The molecular weight excluding hydrogens is 490 g/mol. The molecule has 11 heteroatoms. The van der Waals surface area contributed by atoms with Gasteiger partial charge >= 0.3 is 0 Å². The van der Waals surface area contributed by atoms with Crippen molar-refractivity contribution in [3.05, 3.63) is 78.8 Å². The van der Waals surface area contributed by atoms with Gasteiger partial charge < -0.3 is 14.6 Å². The van der Waals surface area contributed by atoms with E-state index in [1.165, 1.54) is 17.6 Å². The largest absolute Gasteiger partial charge is 0.363 e. The van der Waals surface area contributed by atoms with Gasteiger partial charge in [-0.25, -0.2) is 18.4 Å². The van der Waals surface area contributed by atoms with Crippen LogP contribution in [0.3, 0.4) is 0 Å². The normalized spacial score (nSPS) is 16.7. The van der Waals surface area contributed by atoms with Crippen molar-refractivity contribution in [3.8, 4) is 0 Å². The first kappa shape index (κ1) is 25.2. The van der Waals surface area contributed by atoms with Gasteiger partial charge in [0.25, 0.3) is 0 Å². The molecule has 194 valence electrons. The first-order valence-electron chi connectivity index (χ1n) is 12.0. The summed E-state index contributed by atoms with van der Waals surface area (Å²) in [5.41, 5.74) is 2.76. The molecule has 1 fully saturated rings. The Hall–Kier alpha value is -3.51. The Morgan fingerprint density at radius 2 is 1.95 bits per heavy atom. The third-order valence-corrected chi connectivity index (χ3v) is 7.73. The molecule has 1 saturated heterocycles. The molecule has 0 bridgehead atoms. The molecule has 0 amide bonds. The van der Waals surface area contributed by atoms with E-state index in [9.17, 15) is 8.42 Å². The first-order chi connectivity index (χ1) is 17.9. The van der Waals surface area contributed by atoms with Crippen LogP contribution in [-0.4, -0.2) is 74.2 Å². The highest BCUT2D eigenvalue weighted by atomic mass is 32.2. The van der Waals surface area contributed by atoms with Crippen LogP contribution < -0.4 is 14.6 Å². The number of sulfonamides is 1. The average Bonchev–Trinajstić information content (AvgIpc) is 3.31. The molecule has 0 spiro atoms. The second kappa shape index (κ2) is 10.5. The Bertz CT molecular complexity index is 1480. The molecule has 4 aromatic rings. The number of nitrogens with one attached hydrogen (secondary N) is 1. The molecule has 1 unspecified atom stereocenters. The van der Waals surface area contributed by atoms with E-state index in [0.717, 1.165) is 41.1 Å². The van der Waals surface area contributed by atoms with Crippen LogP contribution in [-0.2, 0) is 21.3 Å². The fourth-order valence-corrected chi connectivity index (χ4v) is 5.07. The SMILES string of the molecule is COC1CNCCN1N(c1ccccc1)c1cc2c(ccn2Cc2cccnc2N(C)S(C)(=O)=O)cn1. The van der Waals surface area contributed by atoms with Crippen molar-refractivity contribution in [3.63, 3.8) is 0 Å². The van der Waals surface area contributed by atoms with Crippen LogP contribution in [0.1, 0.15) is 5.56 Å². The minimum Gasteiger partial charge on any atom is -0.363 e. The quantitative estimate of drug-likeness (QED) is 0.378. The Balaban J connectivity index is 1.56. The number of hydrazine groups is 1. The van der Waals surface area contributed by atoms with Gasteiger partial charge in [-0.05, 0) is 24.3 Å². The van der Waals surface area contributed by atoms with Gasteiger partial charge in [0, 0.05) is 69.4 Å². The third-order valence-electron chi connectivity index (χ3n) is 6.56. The van der Waals surface area contributed by atoms with E-state index in [0.29, 0.717) is 18.9 Å². The summed E-state index contributed by atoms with van der Waals surface area (Å²) in [6, 6.07) is 17.9. The highest BCUT2D eigenvalue weighted by Crippen LogP contribution is 2.31. The van der Waals surface area contributed by atoms with Crippen molar-refractivity contribution in [1.29, 1.82) is 0 Å². The molecule has 4 heterocycles. The lowest BCUT2D eigenvalue weighted by Crippen LogP contribution is -2.58. The van der Waals surface area contributed by atoms with Crippen LogP contribution in [0, 0.1) is 0 Å². The van der Waals surface area contributed by atoms with Crippen LogP contribution in [0.4, 0.5) is 17.3 Å². The lowest BCUT2D eigenvalue weighted by Gasteiger charge is -2.42. The summed E-state index contributed by atoms with van der Waals surface area (Å²) in [6.07, 6.45) is 6.49. The Kier molecular flexibility index (Phi) is 7.11. The molecule has 5 rings (SSSR count). The molecule has 10 nitrogen and oxygen atoms in total. The molecule has 0 saturated carbocycles. The van der Waals surface area contributed by atoms with Gasteiger partial charge in [-0.1, -0.05) is 24.3 Å². The molecule has 1 aromatic carbocycles. The van der Waals surface area contributed by atoms with Crippen molar-refractivity contribution >= 4 is 38.2 Å². The highest BCUT2D eigenvalue weighted by molar-refractivity contribution is 7.92. The lowest BCUT2D eigenvalue weighted by atomic mass is 10.2. The van der Waals surface area contributed by atoms with E-state index in [4.69, 9.17) is 9.72 Å². The summed E-state index contributed by atoms with van der Waals surface area (Å²) in [4.78, 5) is 9.18. The number of hydrogen-bond donors (Lipinski definition) is 1. The van der Waals surface area contributed by atoms with Crippen molar-refractivity contribution < 1.29 is 13.2 Å². The maximum absolute atomic E-state index is 12.2. The van der Waals surface area contributed by atoms with Gasteiger partial charge in [-0.2, -0.15) is 5.01 Å². The van der Waals surface area contributed by atoms with Gasteiger partial charge in [0.15, 0.2) is 0 Å². The number of benzene rings is 1. The summed E-state index contributed by atoms with van der Waals surface area (Å²) < 4.78 is 33.5. The zero-order valence-corrected chi connectivity index (χ0v) is 22.0. The average molecular weight is 522 g/mol. The monoisotopic (exact) mass is 521 g/mol. The molecular formula is C26H31N7O3S. The van der Waals surface area contributed by atoms with E-state index in [1.54, 1.807) is 13.3 Å². The third kappa shape index (κ3) is 5.16. The number of nitrogens with zero attached hydrogens (tertiary/aromatic N) is 6. The fourth-order valence-electron chi connectivity index (χ4n) is 4.59. The van der Waals surface area contributed by atoms with Crippen molar-refractivity contribution in [2.45, 2.75) is 12.8 Å². The zero-order chi connectivity index (χ0) is 26.0. The highest BCUT2D eigenvalue weighted by Gasteiger charge is 2.30. The van der Waals surface area contributed by atoms with E-state index in [2.05, 4.69) is 43.1 Å². The van der Waals surface area contributed by atoms with Gasteiger partial charge in [-0.3, -0.25) is 9.31 Å². The molecule has 37 heavy (non-hydrogen) atoms. The van der Waals surface area contributed by atoms with Crippen molar-refractivity contribution in [1.82, 2.24) is 24.9 Å². The first-order valence-corrected chi connectivity index (χ1v) is 13.9. The number of piperazine rings is 1. The molecule has 0 aliphatic carbocycles. The summed E-state index contributed by atoms with van der Waals surface area (Å²) in [5, 5.41) is 8.68. The minimum absolute atomic E-state index is 0.150. The molecule has 1 aliphatic rings. The number of rotatable bonds is 8. The predicted molar refractivity (Wildman–Crippen MR) is 145 cm³/mol. The predicted octanol–water partition coefficient (Wildman–Crippen LogP) is 2.81. The standard InChI is InChI=1S/C26H31N7O3S/c1-30(37(3,34)35)26-21(8-7-12-28-26)19-31-14-11-20-17-29-24(16-23(20)31)33(22-9-5-4-6-10-22)32-15-13-27-18-25(32)36-2/h4-12,14,16-17,25,27H,13,15,18-19H2,1-3H3. The number of methoxy groups -OCH3 is 1. The number of anilines is 3. The Morgan fingerprint density at radius 3 is 2.70 bits per heavy atom. The minimum atomic E-state index is -3.45. The summed E-state index contributed by atoms with van der Waals surface area (Å²) >= 11 is 0. The van der Waals surface area contributed by atoms with Gasteiger partial charge in [0.2, 0.25) is 10.0 Å². The number of pyridine rings is 2. The van der Waals surface area contributed by atoms with E-state index >= 15 is 0 Å². The van der Waals surface area contributed by atoms with Crippen LogP contribution in [0.2, 0.25) is 0 Å². The number of para-hydroxylation sites is 1. The maximum atomic E-state index is 12.2. The van der Waals surface area contributed by atoms with Crippen molar-refractivity contribution in [2.24, 2.45) is 0 Å². The van der Waals surface area contributed by atoms with E-state index < -0.39 is 10.0 Å². The number of hydrogen-bond acceptors (Lipinski definition) is 8. The van der Waals surface area contributed by atoms with Crippen molar-refractivity contribution in [2.75, 3.05) is 49.4 Å². The number of fused-ring (bicyclic) bond motifs is 1. The summed E-state index contributed by atoms with van der Waals surface area (Å²) in [5.74, 6) is 1.18. The lowest BCUT2D eigenvalue weighted by molar-refractivity contribution is -0.0458. The zero-order valence-electron chi connectivity index (χ0n) is 21.2. The van der Waals surface area contributed by atoms with Crippen LogP contribution >= 0.6 is 0 Å². The maximum Gasteiger partial charge on any atom is 0.233 e. The second-order valence-electron chi connectivity index (χ2n) is 8.97. The Labute approximate surface area is 217 Å². The van der Waals surface area contributed by atoms with E-state index in [1.807, 2.05) is 48.8 Å².